The second-order valence-corrected chi connectivity index (χ2v) is 6.16. The summed E-state index contributed by atoms with van der Waals surface area (Å²) in [6.07, 6.45) is 0.970. The summed E-state index contributed by atoms with van der Waals surface area (Å²) < 4.78 is 0. The molecule has 0 bridgehead atoms. The molecule has 1 aliphatic heterocycles. The standard InChI is InChI=1S/C14H21N3O2S/c1-2-20-12-5-3-4-11(13(12)14(15)16-19)17-7-6-10(8-17)9-18/h3-5,10,18-19H,2,6-9H2,1H3,(H2,15,16). The maximum absolute atomic E-state index is 9.27. The summed E-state index contributed by atoms with van der Waals surface area (Å²) in [5, 5.41) is 21.5. The molecular formula is C14H21N3O2S. The van der Waals surface area contributed by atoms with E-state index in [1.54, 1.807) is 11.8 Å². The highest BCUT2D eigenvalue weighted by atomic mass is 32.2. The molecule has 0 aliphatic carbocycles. The first-order chi connectivity index (χ1) is 9.71. The number of nitrogens with zero attached hydrogens (tertiary/aromatic N) is 2. The number of oxime groups is 1. The number of anilines is 1. The Balaban J connectivity index is 2.39. The van der Waals surface area contributed by atoms with Crippen molar-refractivity contribution in [2.24, 2.45) is 16.8 Å². The van der Waals surface area contributed by atoms with Crippen LogP contribution < -0.4 is 10.6 Å². The van der Waals surface area contributed by atoms with Crippen LogP contribution in [0.2, 0.25) is 0 Å². The number of thioether (sulfide) groups is 1. The second kappa shape index (κ2) is 6.85. The Bertz CT molecular complexity index is 493. The summed E-state index contributed by atoms with van der Waals surface area (Å²) in [4.78, 5) is 3.22. The molecule has 1 aromatic carbocycles. The van der Waals surface area contributed by atoms with Gasteiger partial charge in [0.05, 0.1) is 5.56 Å². The van der Waals surface area contributed by atoms with Crippen molar-refractivity contribution in [3.8, 4) is 0 Å². The maximum atomic E-state index is 9.27. The third kappa shape index (κ3) is 3.02. The molecule has 6 heteroatoms. The molecule has 110 valence electrons. The summed E-state index contributed by atoms with van der Waals surface area (Å²) in [5.74, 6) is 1.37. The van der Waals surface area contributed by atoms with E-state index in [4.69, 9.17) is 10.9 Å². The fraction of sp³-hybridized carbons (Fsp3) is 0.500. The van der Waals surface area contributed by atoms with E-state index in [0.717, 1.165) is 41.4 Å². The number of amidine groups is 1. The Morgan fingerprint density at radius 3 is 2.95 bits per heavy atom. The predicted octanol–water partition coefficient (Wildman–Crippen LogP) is 1.71. The van der Waals surface area contributed by atoms with Crippen LogP contribution in [0, 0.1) is 5.92 Å². The average Bonchev–Trinajstić information content (AvgIpc) is 2.95. The van der Waals surface area contributed by atoms with Gasteiger partial charge in [-0.25, -0.2) is 0 Å². The van der Waals surface area contributed by atoms with E-state index in [2.05, 4.69) is 17.0 Å². The summed E-state index contributed by atoms with van der Waals surface area (Å²) in [5.41, 5.74) is 7.64. The minimum atomic E-state index is 0.143. The van der Waals surface area contributed by atoms with Gasteiger partial charge in [-0.15, -0.1) is 11.8 Å². The molecule has 2 rings (SSSR count). The first-order valence-corrected chi connectivity index (χ1v) is 7.79. The lowest BCUT2D eigenvalue weighted by molar-refractivity contribution is 0.238. The summed E-state index contributed by atoms with van der Waals surface area (Å²) in [6, 6.07) is 5.98. The van der Waals surface area contributed by atoms with Crippen molar-refractivity contribution < 1.29 is 10.3 Å². The van der Waals surface area contributed by atoms with Gasteiger partial charge in [0, 0.05) is 36.2 Å². The Morgan fingerprint density at radius 2 is 2.35 bits per heavy atom. The van der Waals surface area contributed by atoms with Crippen LogP contribution in [-0.2, 0) is 0 Å². The van der Waals surface area contributed by atoms with E-state index in [-0.39, 0.29) is 12.4 Å². The van der Waals surface area contributed by atoms with Crippen molar-refractivity contribution in [2.45, 2.75) is 18.2 Å². The SMILES string of the molecule is CCSc1cccc(N2CCC(CO)C2)c1/C(N)=N/O. The molecule has 1 atom stereocenters. The molecule has 0 saturated carbocycles. The molecule has 0 aromatic heterocycles. The number of nitrogens with two attached hydrogens (primary N) is 1. The Morgan fingerprint density at radius 1 is 1.55 bits per heavy atom. The molecule has 5 nitrogen and oxygen atoms in total. The minimum Gasteiger partial charge on any atom is -0.409 e. The van der Waals surface area contributed by atoms with Crippen molar-refractivity contribution in [1.82, 2.24) is 0 Å². The van der Waals surface area contributed by atoms with Crippen LogP contribution in [0.15, 0.2) is 28.3 Å². The number of rotatable bonds is 5. The number of aliphatic hydroxyl groups excluding tert-OH is 1. The lowest BCUT2D eigenvalue weighted by atomic mass is 10.1. The summed E-state index contributed by atoms with van der Waals surface area (Å²) >= 11 is 1.68. The Hall–Kier alpha value is -1.40. The van der Waals surface area contributed by atoms with Crippen LogP contribution in [0.1, 0.15) is 18.9 Å². The van der Waals surface area contributed by atoms with E-state index in [0.29, 0.717) is 5.92 Å². The quantitative estimate of drug-likeness (QED) is 0.253. The normalized spacial score (nSPS) is 19.6. The van der Waals surface area contributed by atoms with Crippen LogP contribution in [0.5, 0.6) is 0 Å². The molecule has 1 aromatic rings. The minimum absolute atomic E-state index is 0.143. The van der Waals surface area contributed by atoms with Gasteiger partial charge in [-0.3, -0.25) is 0 Å². The van der Waals surface area contributed by atoms with Crippen molar-refractivity contribution in [2.75, 3.05) is 30.3 Å². The predicted molar refractivity (Wildman–Crippen MR) is 82.8 cm³/mol. The molecule has 1 aliphatic rings. The van der Waals surface area contributed by atoms with Crippen molar-refractivity contribution in [3.63, 3.8) is 0 Å². The van der Waals surface area contributed by atoms with Gasteiger partial charge >= 0.3 is 0 Å². The van der Waals surface area contributed by atoms with Crippen molar-refractivity contribution in [3.05, 3.63) is 23.8 Å². The maximum Gasteiger partial charge on any atom is 0.173 e. The highest BCUT2D eigenvalue weighted by molar-refractivity contribution is 7.99. The zero-order valence-electron chi connectivity index (χ0n) is 11.6. The van der Waals surface area contributed by atoms with Crippen molar-refractivity contribution >= 4 is 23.3 Å². The van der Waals surface area contributed by atoms with Gasteiger partial charge < -0.3 is 20.9 Å². The summed E-state index contributed by atoms with van der Waals surface area (Å²) in [7, 11) is 0. The first kappa shape index (κ1) is 15.0. The van der Waals surface area contributed by atoms with E-state index >= 15 is 0 Å². The number of benzene rings is 1. The monoisotopic (exact) mass is 295 g/mol. The van der Waals surface area contributed by atoms with Gasteiger partial charge in [0.2, 0.25) is 0 Å². The molecule has 1 fully saturated rings. The molecule has 1 heterocycles. The second-order valence-electron chi connectivity index (χ2n) is 4.85. The van der Waals surface area contributed by atoms with Crippen LogP contribution in [0.3, 0.4) is 0 Å². The van der Waals surface area contributed by atoms with Gasteiger partial charge in [-0.2, -0.15) is 0 Å². The topological polar surface area (TPSA) is 82.1 Å². The molecule has 1 unspecified atom stereocenters. The van der Waals surface area contributed by atoms with Crippen LogP contribution in [0.4, 0.5) is 5.69 Å². The van der Waals surface area contributed by atoms with Gasteiger partial charge in [0.15, 0.2) is 5.84 Å². The average molecular weight is 295 g/mol. The van der Waals surface area contributed by atoms with Gasteiger partial charge in [-0.05, 0) is 24.3 Å². The van der Waals surface area contributed by atoms with Crippen molar-refractivity contribution in [1.29, 1.82) is 0 Å². The first-order valence-electron chi connectivity index (χ1n) is 6.80. The summed E-state index contributed by atoms with van der Waals surface area (Å²) in [6.45, 7) is 3.98. The Labute approximate surface area is 123 Å². The smallest absolute Gasteiger partial charge is 0.173 e. The third-order valence-corrected chi connectivity index (χ3v) is 4.49. The van der Waals surface area contributed by atoms with E-state index in [9.17, 15) is 5.11 Å². The molecule has 1 saturated heterocycles. The molecular weight excluding hydrogens is 274 g/mol. The largest absolute Gasteiger partial charge is 0.409 e. The highest BCUT2D eigenvalue weighted by Gasteiger charge is 2.25. The lowest BCUT2D eigenvalue weighted by Gasteiger charge is -2.23. The fourth-order valence-electron chi connectivity index (χ4n) is 2.57. The lowest BCUT2D eigenvalue weighted by Crippen LogP contribution is -2.25. The molecule has 20 heavy (non-hydrogen) atoms. The van der Waals surface area contributed by atoms with E-state index < -0.39 is 0 Å². The van der Waals surface area contributed by atoms with E-state index in [1.165, 1.54) is 0 Å². The van der Waals surface area contributed by atoms with Crippen LogP contribution >= 0.6 is 11.8 Å². The van der Waals surface area contributed by atoms with Crippen LogP contribution in [-0.4, -0.2) is 41.6 Å². The zero-order valence-corrected chi connectivity index (χ0v) is 12.4. The molecule has 0 amide bonds. The zero-order chi connectivity index (χ0) is 14.5. The van der Waals surface area contributed by atoms with Gasteiger partial charge in [0.1, 0.15) is 0 Å². The molecule has 0 spiro atoms. The van der Waals surface area contributed by atoms with Crippen LogP contribution in [0.25, 0.3) is 0 Å². The van der Waals surface area contributed by atoms with Gasteiger partial charge in [-0.1, -0.05) is 18.1 Å². The molecule has 4 N–H and O–H groups in total. The molecule has 0 radical (unpaired) electrons. The Kier molecular flexibility index (Phi) is 5.14. The number of hydrogen-bond acceptors (Lipinski definition) is 5. The number of aliphatic hydroxyl groups is 1. The van der Waals surface area contributed by atoms with Gasteiger partial charge in [0.25, 0.3) is 0 Å². The third-order valence-electron chi connectivity index (χ3n) is 3.55. The fourth-order valence-corrected chi connectivity index (χ4v) is 3.41. The highest BCUT2D eigenvalue weighted by Crippen LogP contribution is 2.33. The van der Waals surface area contributed by atoms with E-state index in [1.807, 2.05) is 18.2 Å². The number of hydrogen-bond donors (Lipinski definition) is 3.